The summed E-state index contributed by atoms with van der Waals surface area (Å²) in [5.41, 5.74) is 4.63. The first kappa shape index (κ1) is 24.3. The third-order valence-corrected chi connectivity index (χ3v) is 7.56. The maximum Gasteiger partial charge on any atom is 0.158 e. The number of aliphatic hydroxyl groups is 2. The highest BCUT2D eigenvalue weighted by molar-refractivity contribution is 5.83. The number of hydrogen-bond donors (Lipinski definition) is 3. The molecule has 1 aliphatic carbocycles. The van der Waals surface area contributed by atoms with Crippen LogP contribution in [0.25, 0.3) is 10.8 Å². The minimum atomic E-state index is -1.34. The van der Waals surface area contributed by atoms with E-state index in [1.165, 1.54) is 16.3 Å². The molecule has 0 spiro atoms. The van der Waals surface area contributed by atoms with E-state index in [2.05, 4.69) is 80.7 Å². The van der Waals surface area contributed by atoms with Crippen molar-refractivity contribution in [2.45, 2.75) is 70.5 Å². The lowest BCUT2D eigenvalue weighted by Crippen LogP contribution is -2.42. The second kappa shape index (κ2) is 9.55. The van der Waals surface area contributed by atoms with Crippen molar-refractivity contribution in [1.29, 1.82) is 0 Å². The lowest BCUT2D eigenvalue weighted by Gasteiger charge is -2.27. The number of ether oxygens (including phenoxy) is 2. The summed E-state index contributed by atoms with van der Waals surface area (Å²) in [6, 6.07) is 19.4. The van der Waals surface area contributed by atoms with Gasteiger partial charge in [0.2, 0.25) is 0 Å². The highest BCUT2D eigenvalue weighted by Gasteiger charge is 2.62. The number of aryl methyl sites for hydroxylation is 1. The van der Waals surface area contributed by atoms with Gasteiger partial charge in [-0.05, 0) is 74.5 Å². The fourth-order valence-electron chi connectivity index (χ4n) is 5.65. The molecule has 3 aromatic rings. The molecule has 0 amide bonds. The molecular formula is C30H37NO4. The zero-order valence-corrected chi connectivity index (χ0v) is 21.1. The van der Waals surface area contributed by atoms with Crippen molar-refractivity contribution in [3.05, 3.63) is 76.9 Å². The molecule has 0 saturated heterocycles. The van der Waals surface area contributed by atoms with E-state index in [1.807, 2.05) is 6.92 Å². The van der Waals surface area contributed by atoms with Gasteiger partial charge in [0.1, 0.15) is 11.9 Å². The number of rotatable bonds is 10. The SMILES string of the molecule is Cc1ccc(C(C)OCCCNC(C)(C)Cc2ccc3ccccc3c2)c2c1OC1C2C1C(O)O. The van der Waals surface area contributed by atoms with Crippen molar-refractivity contribution in [2.75, 3.05) is 13.2 Å². The fraction of sp³-hybridized carbons (Fsp3) is 0.467. The predicted octanol–water partition coefficient (Wildman–Crippen LogP) is 5.01. The number of hydrogen-bond acceptors (Lipinski definition) is 5. The Bertz CT molecular complexity index is 1200. The molecule has 3 N–H and O–H groups in total. The molecule has 186 valence electrons. The van der Waals surface area contributed by atoms with Gasteiger partial charge in [-0.2, -0.15) is 0 Å². The van der Waals surface area contributed by atoms with Crippen LogP contribution in [0, 0.1) is 12.8 Å². The zero-order valence-electron chi connectivity index (χ0n) is 21.1. The number of aliphatic hydroxyl groups excluding tert-OH is 1. The summed E-state index contributed by atoms with van der Waals surface area (Å²) in [6.45, 7) is 10.1. The molecule has 1 aliphatic heterocycles. The molecule has 2 aliphatic rings. The van der Waals surface area contributed by atoms with Crippen LogP contribution in [0.5, 0.6) is 5.75 Å². The van der Waals surface area contributed by atoms with Crippen LogP contribution in [0.2, 0.25) is 0 Å². The molecule has 1 fully saturated rings. The van der Waals surface area contributed by atoms with Crippen LogP contribution in [-0.2, 0) is 11.2 Å². The van der Waals surface area contributed by atoms with E-state index in [9.17, 15) is 10.2 Å². The second-order valence-corrected chi connectivity index (χ2v) is 10.8. The van der Waals surface area contributed by atoms with Crippen molar-refractivity contribution in [3.63, 3.8) is 0 Å². The summed E-state index contributed by atoms with van der Waals surface area (Å²) in [6.07, 6.45) is 0.345. The van der Waals surface area contributed by atoms with E-state index in [4.69, 9.17) is 9.47 Å². The summed E-state index contributed by atoms with van der Waals surface area (Å²) < 4.78 is 12.3. The molecule has 5 heteroatoms. The lowest BCUT2D eigenvalue weighted by molar-refractivity contribution is -0.0658. The maximum atomic E-state index is 9.67. The Morgan fingerprint density at radius 1 is 1.06 bits per heavy atom. The maximum absolute atomic E-state index is 9.67. The second-order valence-electron chi connectivity index (χ2n) is 10.8. The molecule has 5 nitrogen and oxygen atoms in total. The molecule has 5 rings (SSSR count). The molecule has 0 radical (unpaired) electrons. The van der Waals surface area contributed by atoms with E-state index in [0.717, 1.165) is 41.8 Å². The van der Waals surface area contributed by atoms with E-state index in [0.29, 0.717) is 6.61 Å². The van der Waals surface area contributed by atoms with Crippen molar-refractivity contribution >= 4 is 10.8 Å². The van der Waals surface area contributed by atoms with E-state index < -0.39 is 6.29 Å². The lowest BCUT2D eigenvalue weighted by atomic mass is 9.93. The number of benzene rings is 3. The van der Waals surface area contributed by atoms with Gasteiger partial charge in [-0.25, -0.2) is 0 Å². The van der Waals surface area contributed by atoms with Gasteiger partial charge in [0.05, 0.1) is 12.0 Å². The minimum Gasteiger partial charge on any atom is -0.489 e. The van der Waals surface area contributed by atoms with Gasteiger partial charge in [-0.3, -0.25) is 0 Å². The number of nitrogens with one attached hydrogen (secondary N) is 1. The smallest absolute Gasteiger partial charge is 0.158 e. The summed E-state index contributed by atoms with van der Waals surface area (Å²) in [4.78, 5) is 0. The Morgan fingerprint density at radius 3 is 2.60 bits per heavy atom. The zero-order chi connectivity index (χ0) is 24.7. The Hall–Kier alpha value is -2.44. The Kier molecular flexibility index (Phi) is 6.62. The Labute approximate surface area is 208 Å². The normalized spacial score (nSPS) is 21.6. The van der Waals surface area contributed by atoms with Gasteiger partial charge in [0.25, 0.3) is 0 Å². The number of fused-ring (bicyclic) bond motifs is 4. The summed E-state index contributed by atoms with van der Waals surface area (Å²) in [5.74, 6) is 0.731. The average Bonchev–Trinajstić information content (AvgIpc) is 3.40. The molecule has 1 saturated carbocycles. The van der Waals surface area contributed by atoms with Crippen molar-refractivity contribution < 1.29 is 19.7 Å². The topological polar surface area (TPSA) is 71.0 Å². The van der Waals surface area contributed by atoms with Crippen LogP contribution in [0.15, 0.2) is 54.6 Å². The molecule has 4 unspecified atom stereocenters. The third kappa shape index (κ3) is 4.96. The fourth-order valence-corrected chi connectivity index (χ4v) is 5.65. The monoisotopic (exact) mass is 475 g/mol. The van der Waals surface area contributed by atoms with Crippen LogP contribution < -0.4 is 10.1 Å². The molecular weight excluding hydrogens is 438 g/mol. The van der Waals surface area contributed by atoms with Crippen LogP contribution >= 0.6 is 0 Å². The average molecular weight is 476 g/mol. The Balaban J connectivity index is 1.12. The van der Waals surface area contributed by atoms with Gasteiger partial charge in [0.15, 0.2) is 6.29 Å². The van der Waals surface area contributed by atoms with Crippen LogP contribution in [0.1, 0.15) is 61.5 Å². The van der Waals surface area contributed by atoms with Crippen molar-refractivity contribution in [1.82, 2.24) is 5.32 Å². The highest BCUT2D eigenvalue weighted by Crippen LogP contribution is 2.61. The summed E-state index contributed by atoms with van der Waals surface area (Å²) in [7, 11) is 0. The Morgan fingerprint density at radius 2 is 1.83 bits per heavy atom. The van der Waals surface area contributed by atoms with E-state index in [-0.39, 0.29) is 29.6 Å². The minimum absolute atomic E-state index is 0.00960. The van der Waals surface area contributed by atoms with E-state index >= 15 is 0 Å². The molecule has 35 heavy (non-hydrogen) atoms. The van der Waals surface area contributed by atoms with Crippen molar-refractivity contribution in [3.8, 4) is 5.75 Å². The predicted molar refractivity (Wildman–Crippen MR) is 139 cm³/mol. The summed E-state index contributed by atoms with van der Waals surface area (Å²) in [5, 5.41) is 25.6. The van der Waals surface area contributed by atoms with Gasteiger partial charge in [-0.1, -0.05) is 54.6 Å². The highest BCUT2D eigenvalue weighted by atomic mass is 16.5. The molecule has 3 aromatic carbocycles. The summed E-state index contributed by atoms with van der Waals surface area (Å²) >= 11 is 0. The standard InChI is InChI=1S/C30H37NO4/c1-18-10-13-23(24-25-26(29(32)33)28(25)35-27(18)24)19(2)34-15-7-14-31-30(3,4)17-20-11-12-21-8-5-6-9-22(21)16-20/h5-6,8-13,16,19,25-26,28-29,31-33H,7,14-15,17H2,1-4H3. The molecule has 1 heterocycles. The van der Waals surface area contributed by atoms with Gasteiger partial charge >= 0.3 is 0 Å². The van der Waals surface area contributed by atoms with Gasteiger partial charge in [-0.15, -0.1) is 0 Å². The first-order chi connectivity index (χ1) is 16.7. The molecule has 0 bridgehead atoms. The molecule has 0 aromatic heterocycles. The van der Waals surface area contributed by atoms with Crippen LogP contribution in [-0.4, -0.2) is 41.3 Å². The first-order valence-corrected chi connectivity index (χ1v) is 12.8. The van der Waals surface area contributed by atoms with Crippen LogP contribution in [0.4, 0.5) is 0 Å². The third-order valence-electron chi connectivity index (χ3n) is 7.56. The van der Waals surface area contributed by atoms with Crippen molar-refractivity contribution in [2.24, 2.45) is 5.92 Å². The van der Waals surface area contributed by atoms with E-state index in [1.54, 1.807) is 0 Å². The van der Waals surface area contributed by atoms with Gasteiger partial charge < -0.3 is 25.0 Å². The quantitative estimate of drug-likeness (QED) is 0.284. The van der Waals surface area contributed by atoms with Gasteiger partial charge in [0, 0.05) is 23.6 Å². The van der Waals surface area contributed by atoms with Crippen LogP contribution in [0.3, 0.4) is 0 Å². The largest absolute Gasteiger partial charge is 0.489 e. The molecule has 4 atom stereocenters. The first-order valence-electron chi connectivity index (χ1n) is 12.8.